The molecule has 3 aliphatic rings. The first-order chi connectivity index (χ1) is 16.3. The molecule has 3 heterocycles. The second kappa shape index (κ2) is 10.00. The molecule has 1 atom stereocenters. The Morgan fingerprint density at radius 2 is 2.12 bits per heavy atom. The van der Waals surface area contributed by atoms with Crippen LogP contribution in [0.1, 0.15) is 42.6 Å². The fourth-order valence-corrected chi connectivity index (χ4v) is 4.47. The minimum atomic E-state index is -0.593. The third kappa shape index (κ3) is 4.86. The van der Waals surface area contributed by atoms with Gasteiger partial charge in [-0.15, -0.1) is 0 Å². The molecule has 0 saturated carbocycles. The number of carbonyl (C=O) groups excluding carboxylic acids is 2. The van der Waals surface area contributed by atoms with Gasteiger partial charge in [-0.25, -0.2) is 14.8 Å². The van der Waals surface area contributed by atoms with E-state index in [4.69, 9.17) is 15.6 Å². The Morgan fingerprint density at radius 3 is 2.85 bits per heavy atom. The van der Waals surface area contributed by atoms with Crippen LogP contribution in [-0.4, -0.2) is 72.2 Å². The van der Waals surface area contributed by atoms with Crippen LogP contribution in [0, 0.1) is 0 Å². The van der Waals surface area contributed by atoms with E-state index in [0.29, 0.717) is 25.3 Å². The number of nitrogens with zero attached hydrogens (tertiary/aromatic N) is 5. The lowest BCUT2D eigenvalue weighted by Gasteiger charge is -2.36. The molecule has 2 fully saturated rings. The zero-order valence-corrected chi connectivity index (χ0v) is 19.8. The molecule has 0 spiro atoms. The van der Waals surface area contributed by atoms with Crippen molar-refractivity contribution in [1.29, 1.82) is 0 Å². The summed E-state index contributed by atoms with van der Waals surface area (Å²) in [6.07, 6.45) is 3.24. The SMILES string of the molecule is CNC(=O)c1cccc(CN=NC(=O)N2CC3=NC(N(N)C4CCOCC4)NC=C3C2(C)C)c1. The summed E-state index contributed by atoms with van der Waals surface area (Å²) in [4.78, 5) is 31.2. The number of urea groups is 1. The summed E-state index contributed by atoms with van der Waals surface area (Å²) in [6.45, 7) is 5.84. The van der Waals surface area contributed by atoms with E-state index >= 15 is 0 Å². The van der Waals surface area contributed by atoms with Crippen molar-refractivity contribution >= 4 is 17.6 Å². The van der Waals surface area contributed by atoms with Crippen molar-refractivity contribution in [2.75, 3.05) is 26.8 Å². The standard InChI is InChI=1S/C23H32N8O3/c1-23(2)18-13-26-21(31(24)17-7-9-34-10-8-17)28-19(18)14-30(23)22(33)29-27-12-15-5-4-6-16(11-15)20(32)25-3/h4-6,11,13,17,21,26H,7-10,12,14,24H2,1-3H3,(H,25,32). The lowest BCUT2D eigenvalue weighted by molar-refractivity contribution is 0.0132. The van der Waals surface area contributed by atoms with Crippen molar-refractivity contribution < 1.29 is 14.3 Å². The number of azo groups is 1. The summed E-state index contributed by atoms with van der Waals surface area (Å²) in [7, 11) is 1.58. The minimum absolute atomic E-state index is 0.176. The lowest BCUT2D eigenvalue weighted by atomic mass is 9.94. The van der Waals surface area contributed by atoms with Crippen LogP contribution >= 0.6 is 0 Å². The fourth-order valence-electron chi connectivity index (χ4n) is 4.47. The van der Waals surface area contributed by atoms with E-state index in [1.54, 1.807) is 35.2 Å². The van der Waals surface area contributed by atoms with Gasteiger partial charge in [0.15, 0.2) is 6.29 Å². The van der Waals surface area contributed by atoms with Crippen molar-refractivity contribution in [2.45, 2.75) is 51.1 Å². The Bertz CT molecular complexity index is 1030. The molecule has 1 unspecified atom stereocenters. The number of carbonyl (C=O) groups is 2. The summed E-state index contributed by atoms with van der Waals surface area (Å²) in [5, 5.41) is 15.6. The molecule has 0 radical (unpaired) electrons. The number of fused-ring (bicyclic) bond motifs is 1. The number of benzene rings is 1. The second-order valence-electron chi connectivity index (χ2n) is 9.07. The molecule has 4 rings (SSSR count). The number of hydrogen-bond donors (Lipinski definition) is 3. The maximum Gasteiger partial charge on any atom is 0.362 e. The van der Waals surface area contributed by atoms with E-state index in [0.717, 1.165) is 29.7 Å². The number of hydrogen-bond acceptors (Lipinski definition) is 8. The molecule has 0 bridgehead atoms. The average Bonchev–Trinajstić information content (AvgIpc) is 3.13. The Hall–Kier alpha value is -3.15. The molecule has 3 aliphatic heterocycles. The van der Waals surface area contributed by atoms with Gasteiger partial charge in [0.2, 0.25) is 0 Å². The maximum absolute atomic E-state index is 12.9. The molecule has 34 heavy (non-hydrogen) atoms. The normalized spacial score (nSPS) is 22.3. The first kappa shape index (κ1) is 24.0. The van der Waals surface area contributed by atoms with Gasteiger partial charge in [0.25, 0.3) is 5.91 Å². The zero-order valence-electron chi connectivity index (χ0n) is 19.8. The monoisotopic (exact) mass is 468 g/mol. The largest absolute Gasteiger partial charge is 0.381 e. The molecule has 11 heteroatoms. The molecule has 0 aromatic heterocycles. The highest BCUT2D eigenvalue weighted by Crippen LogP contribution is 2.34. The summed E-state index contributed by atoms with van der Waals surface area (Å²) < 4.78 is 5.42. The molecule has 0 aliphatic carbocycles. The van der Waals surface area contributed by atoms with Gasteiger partial charge in [-0.1, -0.05) is 17.2 Å². The van der Waals surface area contributed by atoms with Crippen LogP contribution in [-0.2, 0) is 11.3 Å². The van der Waals surface area contributed by atoms with Crippen LogP contribution in [0.3, 0.4) is 0 Å². The maximum atomic E-state index is 12.9. The van der Waals surface area contributed by atoms with E-state index in [2.05, 4.69) is 20.9 Å². The van der Waals surface area contributed by atoms with E-state index in [-0.39, 0.29) is 24.8 Å². The minimum Gasteiger partial charge on any atom is -0.381 e. The Balaban J connectivity index is 1.42. The Labute approximate surface area is 199 Å². The van der Waals surface area contributed by atoms with Crippen molar-refractivity contribution in [3.05, 3.63) is 47.2 Å². The molecule has 1 aromatic carbocycles. The van der Waals surface area contributed by atoms with Crippen LogP contribution in [0.15, 0.2) is 51.3 Å². The van der Waals surface area contributed by atoms with Gasteiger partial charge in [-0.3, -0.25) is 10.6 Å². The van der Waals surface area contributed by atoms with Gasteiger partial charge in [-0.05, 0) is 44.4 Å². The van der Waals surface area contributed by atoms with Gasteiger partial charge < -0.3 is 20.3 Å². The molecule has 4 N–H and O–H groups in total. The molecule has 182 valence electrons. The van der Waals surface area contributed by atoms with Gasteiger partial charge in [0, 0.05) is 43.6 Å². The van der Waals surface area contributed by atoms with Crippen molar-refractivity contribution in [3.8, 4) is 0 Å². The highest BCUT2D eigenvalue weighted by molar-refractivity contribution is 6.08. The number of rotatable bonds is 5. The Kier molecular flexibility index (Phi) is 7.05. The summed E-state index contributed by atoms with van der Waals surface area (Å²) in [5.74, 6) is 6.19. The topological polar surface area (TPSA) is 137 Å². The number of amides is 3. The number of aliphatic imine (C=N–C) groups is 1. The number of hydrazine groups is 1. The molecular formula is C23H32N8O3. The summed E-state index contributed by atoms with van der Waals surface area (Å²) >= 11 is 0. The smallest absolute Gasteiger partial charge is 0.362 e. The predicted molar refractivity (Wildman–Crippen MR) is 127 cm³/mol. The highest BCUT2D eigenvalue weighted by Gasteiger charge is 2.45. The average molecular weight is 469 g/mol. The van der Waals surface area contributed by atoms with Crippen LogP contribution in [0.4, 0.5) is 4.79 Å². The number of ether oxygens (including phenoxy) is 1. The Morgan fingerprint density at radius 1 is 1.35 bits per heavy atom. The number of nitrogens with one attached hydrogen (secondary N) is 2. The zero-order chi connectivity index (χ0) is 24.3. The molecule has 11 nitrogen and oxygen atoms in total. The summed E-state index contributed by atoms with van der Waals surface area (Å²) in [6, 6.07) is 6.83. The quantitative estimate of drug-likeness (QED) is 0.342. The lowest BCUT2D eigenvalue weighted by Crippen LogP contribution is -2.55. The van der Waals surface area contributed by atoms with E-state index in [1.807, 2.05) is 26.1 Å². The molecule has 1 aromatic rings. The third-order valence-electron chi connectivity index (χ3n) is 6.56. The van der Waals surface area contributed by atoms with Crippen LogP contribution in [0.2, 0.25) is 0 Å². The molecule has 3 amide bonds. The number of nitrogens with two attached hydrogens (primary N) is 1. The predicted octanol–water partition coefficient (Wildman–Crippen LogP) is 1.78. The van der Waals surface area contributed by atoms with Crippen LogP contribution < -0.4 is 16.5 Å². The van der Waals surface area contributed by atoms with Crippen LogP contribution in [0.5, 0.6) is 0 Å². The van der Waals surface area contributed by atoms with Crippen LogP contribution in [0.25, 0.3) is 0 Å². The third-order valence-corrected chi connectivity index (χ3v) is 6.56. The van der Waals surface area contributed by atoms with E-state index in [1.165, 1.54) is 0 Å². The van der Waals surface area contributed by atoms with Crippen molar-refractivity contribution in [1.82, 2.24) is 20.5 Å². The van der Waals surface area contributed by atoms with Gasteiger partial charge in [-0.2, -0.15) is 5.11 Å². The highest BCUT2D eigenvalue weighted by atomic mass is 16.5. The van der Waals surface area contributed by atoms with Gasteiger partial charge in [0.1, 0.15) is 0 Å². The second-order valence-corrected chi connectivity index (χ2v) is 9.07. The van der Waals surface area contributed by atoms with Crippen molar-refractivity contribution in [2.24, 2.45) is 21.1 Å². The van der Waals surface area contributed by atoms with E-state index < -0.39 is 11.6 Å². The van der Waals surface area contributed by atoms with Gasteiger partial charge in [0.05, 0.1) is 24.3 Å². The van der Waals surface area contributed by atoms with Crippen molar-refractivity contribution in [3.63, 3.8) is 0 Å². The fraction of sp³-hybridized carbons (Fsp3) is 0.522. The first-order valence-electron chi connectivity index (χ1n) is 11.5. The summed E-state index contributed by atoms with van der Waals surface area (Å²) in [5.41, 5.74) is 2.49. The number of likely N-dealkylation sites (tertiary alicyclic amines) is 1. The molecule has 2 saturated heterocycles. The molecular weight excluding hydrogens is 436 g/mol. The first-order valence-corrected chi connectivity index (χ1v) is 11.5. The van der Waals surface area contributed by atoms with Gasteiger partial charge >= 0.3 is 6.03 Å². The van der Waals surface area contributed by atoms with E-state index in [9.17, 15) is 9.59 Å².